The number of furan rings is 1. The summed E-state index contributed by atoms with van der Waals surface area (Å²) in [6.07, 6.45) is 1.40. The third kappa shape index (κ3) is 4.94. The molecule has 3 rings (SSSR count). The number of rotatable bonds is 6. The van der Waals surface area contributed by atoms with Crippen LogP contribution in [0.2, 0.25) is 0 Å². The standard InChI is InChI=1S/C23H22N2O5/c1-14-6-4-7-18(16(14)3)24-21(26)13-30-23(28)17-10-9-15(2)19(12-17)25-22(27)20-8-5-11-29-20/h4-12H,13H2,1-3H3,(H,24,26)(H,25,27). The predicted molar refractivity (Wildman–Crippen MR) is 113 cm³/mol. The quantitative estimate of drug-likeness (QED) is 0.597. The summed E-state index contributed by atoms with van der Waals surface area (Å²) in [6, 6.07) is 13.5. The van der Waals surface area contributed by atoms with Crippen LogP contribution in [0, 0.1) is 20.8 Å². The molecule has 0 bridgehead atoms. The van der Waals surface area contributed by atoms with Crippen molar-refractivity contribution < 1.29 is 23.5 Å². The van der Waals surface area contributed by atoms with Gasteiger partial charge in [0.05, 0.1) is 11.8 Å². The summed E-state index contributed by atoms with van der Waals surface area (Å²) in [5.41, 5.74) is 4.11. The second kappa shape index (κ2) is 9.09. The summed E-state index contributed by atoms with van der Waals surface area (Å²) >= 11 is 0. The largest absolute Gasteiger partial charge is 0.459 e. The molecule has 0 fully saturated rings. The Morgan fingerprint density at radius 2 is 1.70 bits per heavy atom. The van der Waals surface area contributed by atoms with Crippen molar-refractivity contribution in [2.75, 3.05) is 17.2 Å². The fourth-order valence-corrected chi connectivity index (χ4v) is 2.76. The molecule has 2 aromatic carbocycles. The Morgan fingerprint density at radius 1 is 0.900 bits per heavy atom. The van der Waals surface area contributed by atoms with E-state index < -0.39 is 24.4 Å². The average Bonchev–Trinajstić information content (AvgIpc) is 3.26. The molecule has 2 N–H and O–H groups in total. The molecule has 30 heavy (non-hydrogen) atoms. The third-order valence-corrected chi connectivity index (χ3v) is 4.68. The number of carbonyl (C=O) groups excluding carboxylic acids is 3. The highest BCUT2D eigenvalue weighted by atomic mass is 16.5. The highest BCUT2D eigenvalue weighted by Crippen LogP contribution is 2.20. The molecule has 0 aliphatic rings. The number of carbonyl (C=O) groups is 3. The number of ether oxygens (including phenoxy) is 1. The van der Waals surface area contributed by atoms with Gasteiger partial charge in [-0.2, -0.15) is 0 Å². The molecular formula is C23H22N2O5. The zero-order valence-electron chi connectivity index (χ0n) is 16.9. The maximum absolute atomic E-state index is 12.4. The van der Waals surface area contributed by atoms with E-state index in [1.807, 2.05) is 26.0 Å². The van der Waals surface area contributed by atoms with Gasteiger partial charge in [0.1, 0.15) is 0 Å². The topological polar surface area (TPSA) is 97.6 Å². The second-order valence-electron chi connectivity index (χ2n) is 6.83. The molecule has 7 nitrogen and oxygen atoms in total. The molecule has 0 spiro atoms. The number of nitrogens with one attached hydrogen (secondary N) is 2. The van der Waals surface area contributed by atoms with Crippen molar-refractivity contribution in [1.29, 1.82) is 0 Å². The van der Waals surface area contributed by atoms with Gasteiger partial charge in [-0.1, -0.05) is 18.2 Å². The second-order valence-corrected chi connectivity index (χ2v) is 6.83. The van der Waals surface area contributed by atoms with Crippen LogP contribution in [0.4, 0.5) is 11.4 Å². The van der Waals surface area contributed by atoms with Gasteiger partial charge in [0.25, 0.3) is 11.8 Å². The minimum absolute atomic E-state index is 0.158. The van der Waals surface area contributed by atoms with Gasteiger partial charge in [-0.15, -0.1) is 0 Å². The van der Waals surface area contributed by atoms with Crippen molar-refractivity contribution in [3.05, 3.63) is 82.8 Å². The molecule has 7 heteroatoms. The molecule has 0 aliphatic heterocycles. The summed E-state index contributed by atoms with van der Waals surface area (Å²) in [7, 11) is 0. The van der Waals surface area contributed by atoms with Crippen molar-refractivity contribution >= 4 is 29.2 Å². The van der Waals surface area contributed by atoms with Crippen LogP contribution in [0.3, 0.4) is 0 Å². The smallest absolute Gasteiger partial charge is 0.338 e. The maximum Gasteiger partial charge on any atom is 0.338 e. The predicted octanol–water partition coefficient (Wildman–Crippen LogP) is 4.25. The molecule has 0 saturated heterocycles. The van der Waals surface area contributed by atoms with Gasteiger partial charge in [0, 0.05) is 11.4 Å². The fraction of sp³-hybridized carbons (Fsp3) is 0.174. The lowest BCUT2D eigenvalue weighted by molar-refractivity contribution is -0.119. The lowest BCUT2D eigenvalue weighted by Crippen LogP contribution is -2.21. The number of hydrogen-bond donors (Lipinski definition) is 2. The van der Waals surface area contributed by atoms with Crippen LogP contribution in [0.1, 0.15) is 37.6 Å². The van der Waals surface area contributed by atoms with Gasteiger partial charge in [-0.3, -0.25) is 9.59 Å². The first-order valence-electron chi connectivity index (χ1n) is 9.34. The van der Waals surface area contributed by atoms with E-state index in [4.69, 9.17) is 9.15 Å². The van der Waals surface area contributed by atoms with Crippen molar-refractivity contribution in [2.24, 2.45) is 0 Å². The molecule has 154 valence electrons. The van der Waals surface area contributed by atoms with Gasteiger partial charge in [-0.05, 0) is 67.8 Å². The summed E-state index contributed by atoms with van der Waals surface area (Å²) < 4.78 is 10.2. The van der Waals surface area contributed by atoms with Crippen molar-refractivity contribution in [3.8, 4) is 0 Å². The van der Waals surface area contributed by atoms with Gasteiger partial charge >= 0.3 is 5.97 Å². The minimum Gasteiger partial charge on any atom is -0.459 e. The molecule has 0 unspecified atom stereocenters. The minimum atomic E-state index is -0.667. The van der Waals surface area contributed by atoms with E-state index in [0.29, 0.717) is 11.4 Å². The normalized spacial score (nSPS) is 10.4. The molecular weight excluding hydrogens is 384 g/mol. The Kier molecular flexibility index (Phi) is 6.32. The molecule has 1 heterocycles. The lowest BCUT2D eigenvalue weighted by Gasteiger charge is -2.12. The van der Waals surface area contributed by atoms with Crippen molar-refractivity contribution in [2.45, 2.75) is 20.8 Å². The van der Waals surface area contributed by atoms with Crippen LogP contribution >= 0.6 is 0 Å². The Balaban J connectivity index is 1.62. The Hall–Kier alpha value is -3.87. The summed E-state index contributed by atoms with van der Waals surface area (Å²) in [5.74, 6) is -1.37. The van der Waals surface area contributed by atoms with Crippen LogP contribution in [-0.2, 0) is 9.53 Å². The molecule has 1 aromatic heterocycles. The fourth-order valence-electron chi connectivity index (χ4n) is 2.76. The Bertz CT molecular complexity index is 1090. The first-order chi connectivity index (χ1) is 14.3. The van der Waals surface area contributed by atoms with Gasteiger partial charge in [0.15, 0.2) is 12.4 Å². The number of benzene rings is 2. The van der Waals surface area contributed by atoms with Gasteiger partial charge in [0.2, 0.25) is 0 Å². The Morgan fingerprint density at radius 3 is 2.43 bits per heavy atom. The average molecular weight is 406 g/mol. The number of hydrogen-bond acceptors (Lipinski definition) is 5. The number of aryl methyl sites for hydroxylation is 2. The third-order valence-electron chi connectivity index (χ3n) is 4.68. The van der Waals surface area contributed by atoms with Crippen LogP contribution in [0.15, 0.2) is 59.2 Å². The van der Waals surface area contributed by atoms with E-state index in [1.54, 1.807) is 31.2 Å². The van der Waals surface area contributed by atoms with E-state index in [-0.39, 0.29) is 11.3 Å². The van der Waals surface area contributed by atoms with Gasteiger partial charge in [-0.25, -0.2) is 4.79 Å². The van der Waals surface area contributed by atoms with Gasteiger partial charge < -0.3 is 19.8 Å². The first kappa shape index (κ1) is 20.9. The highest BCUT2D eigenvalue weighted by molar-refractivity contribution is 6.03. The van der Waals surface area contributed by atoms with Crippen LogP contribution in [-0.4, -0.2) is 24.4 Å². The van der Waals surface area contributed by atoms with E-state index in [9.17, 15) is 14.4 Å². The summed E-state index contributed by atoms with van der Waals surface area (Å²) in [6.45, 7) is 5.23. The van der Waals surface area contributed by atoms with Crippen molar-refractivity contribution in [3.63, 3.8) is 0 Å². The van der Waals surface area contributed by atoms with Crippen LogP contribution in [0.5, 0.6) is 0 Å². The van der Waals surface area contributed by atoms with E-state index >= 15 is 0 Å². The number of esters is 1. The SMILES string of the molecule is Cc1ccc(C(=O)OCC(=O)Nc2cccc(C)c2C)cc1NC(=O)c1ccco1. The monoisotopic (exact) mass is 406 g/mol. The first-order valence-corrected chi connectivity index (χ1v) is 9.34. The highest BCUT2D eigenvalue weighted by Gasteiger charge is 2.15. The summed E-state index contributed by atoms with van der Waals surface area (Å²) in [4.78, 5) is 36.7. The summed E-state index contributed by atoms with van der Waals surface area (Å²) in [5, 5.41) is 5.43. The molecule has 0 aliphatic carbocycles. The number of amides is 2. The van der Waals surface area contributed by atoms with Crippen LogP contribution < -0.4 is 10.6 Å². The maximum atomic E-state index is 12.4. The Labute approximate surface area is 174 Å². The van der Waals surface area contributed by atoms with E-state index in [0.717, 1.165) is 16.7 Å². The molecule has 0 atom stereocenters. The van der Waals surface area contributed by atoms with Crippen molar-refractivity contribution in [1.82, 2.24) is 0 Å². The number of anilines is 2. The molecule has 0 saturated carbocycles. The molecule has 0 radical (unpaired) electrons. The van der Waals surface area contributed by atoms with E-state index in [2.05, 4.69) is 10.6 Å². The lowest BCUT2D eigenvalue weighted by atomic mass is 10.1. The zero-order valence-corrected chi connectivity index (χ0v) is 16.9. The molecule has 3 aromatic rings. The zero-order chi connectivity index (χ0) is 21.7. The van der Waals surface area contributed by atoms with Crippen LogP contribution in [0.25, 0.3) is 0 Å². The molecule has 2 amide bonds. The van der Waals surface area contributed by atoms with E-state index in [1.165, 1.54) is 18.4 Å².